The van der Waals surface area contributed by atoms with Gasteiger partial charge in [0.25, 0.3) is 0 Å². The van der Waals surface area contributed by atoms with Gasteiger partial charge in [-0.3, -0.25) is 4.98 Å². The average molecular weight is 437 g/mol. The van der Waals surface area contributed by atoms with E-state index in [4.69, 9.17) is 9.97 Å². The smallest absolute Gasteiger partial charge is 0.243 e. The Morgan fingerprint density at radius 1 is 1.19 bits per heavy atom. The van der Waals surface area contributed by atoms with Crippen molar-refractivity contribution < 1.29 is 5.11 Å². The van der Waals surface area contributed by atoms with E-state index in [0.29, 0.717) is 5.95 Å². The summed E-state index contributed by atoms with van der Waals surface area (Å²) in [6.45, 7) is 7.83. The molecule has 3 N–H and O–H groups in total. The Hall–Kier alpha value is -3.07. The molecule has 9 nitrogen and oxygen atoms in total. The van der Waals surface area contributed by atoms with Crippen LogP contribution in [-0.4, -0.2) is 49.4 Å². The Morgan fingerprint density at radius 3 is 2.59 bits per heavy atom. The first-order valence-electron chi connectivity index (χ1n) is 11.2. The number of aryl methyl sites for hydroxylation is 1. The molecule has 4 rings (SSSR count). The minimum Gasteiger partial charge on any atom is -0.390 e. The number of hydrogen-bond acceptors (Lipinski definition) is 8. The van der Waals surface area contributed by atoms with Gasteiger partial charge in [-0.15, -0.1) is 5.10 Å². The summed E-state index contributed by atoms with van der Waals surface area (Å²) in [5.41, 5.74) is 3.69. The maximum atomic E-state index is 10.2. The van der Waals surface area contributed by atoms with Crippen molar-refractivity contribution in [1.82, 2.24) is 19.6 Å². The standard InChI is InChI=1S/C23H32N8O/c1-14(2)28-29-18-6-7-19(25-15(18)3)17-10-13-31-20(17)21(24-5)27-22(30-31)26-16-8-11-23(4,32)12-9-16/h6-7,10,13-14,16,32H,8-9,11-12H2,1-5H3,(H2,24,26,27,30). The lowest BCUT2D eigenvalue weighted by molar-refractivity contribution is 0.0195. The lowest BCUT2D eigenvalue weighted by Gasteiger charge is -2.33. The summed E-state index contributed by atoms with van der Waals surface area (Å²) in [7, 11) is 1.86. The zero-order valence-electron chi connectivity index (χ0n) is 19.4. The van der Waals surface area contributed by atoms with Crippen molar-refractivity contribution in [2.24, 2.45) is 10.2 Å². The first-order valence-corrected chi connectivity index (χ1v) is 11.2. The number of rotatable bonds is 6. The zero-order chi connectivity index (χ0) is 22.9. The van der Waals surface area contributed by atoms with Gasteiger partial charge in [-0.1, -0.05) is 0 Å². The number of azo groups is 1. The number of fused-ring (bicyclic) bond motifs is 1. The summed E-state index contributed by atoms with van der Waals surface area (Å²) in [4.78, 5) is 9.48. The van der Waals surface area contributed by atoms with Crippen LogP contribution in [-0.2, 0) is 0 Å². The minimum absolute atomic E-state index is 0.143. The minimum atomic E-state index is -0.564. The van der Waals surface area contributed by atoms with Gasteiger partial charge in [0.15, 0.2) is 5.82 Å². The fraction of sp³-hybridized carbons (Fsp3) is 0.522. The third-order valence-corrected chi connectivity index (χ3v) is 5.87. The molecule has 0 saturated heterocycles. The van der Waals surface area contributed by atoms with Crippen molar-refractivity contribution in [3.8, 4) is 11.3 Å². The molecule has 1 fully saturated rings. The van der Waals surface area contributed by atoms with Gasteiger partial charge >= 0.3 is 0 Å². The van der Waals surface area contributed by atoms with Crippen molar-refractivity contribution in [3.05, 3.63) is 30.1 Å². The average Bonchev–Trinajstić information content (AvgIpc) is 3.17. The number of anilines is 2. The van der Waals surface area contributed by atoms with Crippen LogP contribution in [0.15, 0.2) is 34.6 Å². The van der Waals surface area contributed by atoms with E-state index in [-0.39, 0.29) is 12.1 Å². The molecule has 0 atom stereocenters. The van der Waals surface area contributed by atoms with Gasteiger partial charge in [-0.25, -0.2) is 4.52 Å². The Bertz CT molecular complexity index is 1120. The highest BCUT2D eigenvalue weighted by Crippen LogP contribution is 2.32. The Labute approximate surface area is 188 Å². The lowest BCUT2D eigenvalue weighted by atomic mass is 9.84. The van der Waals surface area contributed by atoms with Crippen molar-refractivity contribution in [2.45, 2.75) is 71.1 Å². The molecular formula is C23H32N8O. The molecule has 3 heterocycles. The molecule has 0 spiro atoms. The van der Waals surface area contributed by atoms with E-state index in [0.717, 1.165) is 59.7 Å². The molecule has 0 aromatic carbocycles. The van der Waals surface area contributed by atoms with Crippen LogP contribution in [0, 0.1) is 6.92 Å². The van der Waals surface area contributed by atoms with E-state index >= 15 is 0 Å². The number of nitrogens with zero attached hydrogens (tertiary/aromatic N) is 6. The summed E-state index contributed by atoms with van der Waals surface area (Å²) >= 11 is 0. The molecule has 9 heteroatoms. The predicted molar refractivity (Wildman–Crippen MR) is 127 cm³/mol. The summed E-state index contributed by atoms with van der Waals surface area (Å²) in [6, 6.07) is 6.30. The van der Waals surface area contributed by atoms with Gasteiger partial charge in [-0.2, -0.15) is 15.2 Å². The first-order chi connectivity index (χ1) is 15.3. The monoisotopic (exact) mass is 436 g/mol. The van der Waals surface area contributed by atoms with Crippen molar-refractivity contribution in [2.75, 3.05) is 17.7 Å². The second kappa shape index (κ2) is 8.82. The molecule has 0 radical (unpaired) electrons. The quantitative estimate of drug-likeness (QED) is 0.481. The maximum Gasteiger partial charge on any atom is 0.243 e. The predicted octanol–water partition coefficient (Wildman–Crippen LogP) is 4.74. The van der Waals surface area contributed by atoms with Crippen LogP contribution in [0.1, 0.15) is 52.1 Å². The largest absolute Gasteiger partial charge is 0.390 e. The van der Waals surface area contributed by atoms with Crippen molar-refractivity contribution in [1.29, 1.82) is 0 Å². The van der Waals surface area contributed by atoms with Gasteiger partial charge in [0.2, 0.25) is 5.95 Å². The van der Waals surface area contributed by atoms with Crippen LogP contribution in [0.3, 0.4) is 0 Å². The van der Waals surface area contributed by atoms with Gasteiger partial charge in [0.1, 0.15) is 11.2 Å². The highest BCUT2D eigenvalue weighted by Gasteiger charge is 2.29. The third-order valence-electron chi connectivity index (χ3n) is 5.87. The molecule has 3 aromatic rings. The molecule has 1 aliphatic carbocycles. The molecule has 3 aromatic heterocycles. The van der Waals surface area contributed by atoms with E-state index in [1.807, 2.05) is 63.7 Å². The molecule has 0 unspecified atom stereocenters. The number of aliphatic hydroxyl groups is 1. The van der Waals surface area contributed by atoms with Crippen molar-refractivity contribution >= 4 is 23.0 Å². The van der Waals surface area contributed by atoms with E-state index in [9.17, 15) is 5.11 Å². The highest BCUT2D eigenvalue weighted by molar-refractivity contribution is 5.87. The number of aromatic nitrogens is 4. The van der Waals surface area contributed by atoms with Gasteiger partial charge in [0.05, 0.1) is 23.0 Å². The van der Waals surface area contributed by atoms with Crippen LogP contribution in [0.2, 0.25) is 0 Å². The molecule has 1 aliphatic rings. The second-order valence-electron chi connectivity index (χ2n) is 9.08. The first kappa shape index (κ1) is 22.1. The normalized spacial score (nSPS) is 21.5. The number of nitrogens with one attached hydrogen (secondary N) is 2. The Balaban J connectivity index is 1.63. The molecule has 0 bridgehead atoms. The van der Waals surface area contributed by atoms with Crippen molar-refractivity contribution in [3.63, 3.8) is 0 Å². The van der Waals surface area contributed by atoms with E-state index < -0.39 is 5.60 Å². The fourth-order valence-electron chi connectivity index (χ4n) is 4.02. The summed E-state index contributed by atoms with van der Waals surface area (Å²) in [5, 5.41) is 30.0. The van der Waals surface area contributed by atoms with E-state index in [1.165, 1.54) is 0 Å². The van der Waals surface area contributed by atoms with Crippen LogP contribution in [0.25, 0.3) is 16.8 Å². The van der Waals surface area contributed by atoms with Gasteiger partial charge in [0, 0.05) is 24.8 Å². The summed E-state index contributed by atoms with van der Waals surface area (Å²) in [6.07, 6.45) is 5.26. The Morgan fingerprint density at radius 2 is 1.94 bits per heavy atom. The number of hydrogen-bond donors (Lipinski definition) is 3. The topological polar surface area (TPSA) is 112 Å². The number of pyridine rings is 1. The fourth-order valence-corrected chi connectivity index (χ4v) is 4.02. The molecule has 0 aliphatic heterocycles. The zero-order valence-corrected chi connectivity index (χ0v) is 19.4. The SMILES string of the molecule is CNc1nc(NC2CCC(C)(O)CC2)nn2ccc(-c3ccc(N=NC(C)C)c(C)n3)c12. The van der Waals surface area contributed by atoms with E-state index in [2.05, 4.69) is 26.0 Å². The second-order valence-corrected chi connectivity index (χ2v) is 9.08. The van der Waals surface area contributed by atoms with E-state index in [1.54, 1.807) is 0 Å². The summed E-state index contributed by atoms with van der Waals surface area (Å²) in [5.74, 6) is 1.30. The van der Waals surface area contributed by atoms with Crippen LogP contribution in [0.5, 0.6) is 0 Å². The molecule has 1 saturated carbocycles. The van der Waals surface area contributed by atoms with Crippen LogP contribution < -0.4 is 10.6 Å². The van der Waals surface area contributed by atoms with Crippen LogP contribution in [0.4, 0.5) is 17.5 Å². The highest BCUT2D eigenvalue weighted by atomic mass is 16.3. The molecule has 170 valence electrons. The Kier molecular flexibility index (Phi) is 6.10. The molecule has 32 heavy (non-hydrogen) atoms. The van der Waals surface area contributed by atoms with Crippen LogP contribution >= 0.6 is 0 Å². The molecule has 0 amide bonds. The summed E-state index contributed by atoms with van der Waals surface area (Å²) < 4.78 is 1.83. The molecular weight excluding hydrogens is 404 g/mol. The third kappa shape index (κ3) is 4.72. The van der Waals surface area contributed by atoms with Gasteiger partial charge < -0.3 is 15.7 Å². The lowest BCUT2D eigenvalue weighted by Crippen LogP contribution is -2.36. The van der Waals surface area contributed by atoms with Gasteiger partial charge in [-0.05, 0) is 71.6 Å². The maximum absolute atomic E-state index is 10.2.